The molecule has 1 aromatic heterocycles. The Bertz CT molecular complexity index is 682. The predicted octanol–water partition coefficient (Wildman–Crippen LogP) is 2.29. The van der Waals surface area contributed by atoms with Gasteiger partial charge in [0, 0.05) is 11.8 Å². The number of para-hydroxylation sites is 1. The average molecular weight is 270 g/mol. The third kappa shape index (κ3) is 2.34. The molecule has 1 unspecified atom stereocenters. The van der Waals surface area contributed by atoms with Gasteiger partial charge in [0.15, 0.2) is 0 Å². The normalized spacial score (nSPS) is 17.6. The first-order chi connectivity index (χ1) is 9.78. The molecule has 0 aliphatic carbocycles. The lowest BCUT2D eigenvalue weighted by molar-refractivity contribution is -0.154. The van der Waals surface area contributed by atoms with Crippen molar-refractivity contribution in [3.63, 3.8) is 0 Å². The summed E-state index contributed by atoms with van der Waals surface area (Å²) in [7, 11) is 0. The van der Waals surface area contributed by atoms with Crippen molar-refractivity contribution in [2.45, 2.75) is 19.4 Å². The van der Waals surface area contributed by atoms with Crippen molar-refractivity contribution in [2.75, 3.05) is 6.61 Å². The standard InChI is InChI=1S/C15H14N2O3/c1-2-19-15(18)14-9-13(17-20-14)12-8-7-10-5-3-4-6-11(10)16-12/h3-8,14H,2,9H2,1H3. The van der Waals surface area contributed by atoms with Crippen molar-refractivity contribution >= 4 is 22.6 Å². The molecular weight excluding hydrogens is 256 g/mol. The van der Waals surface area contributed by atoms with E-state index >= 15 is 0 Å². The molecule has 1 atom stereocenters. The Balaban J connectivity index is 1.81. The number of rotatable bonds is 3. The molecule has 5 heteroatoms. The predicted molar refractivity (Wildman–Crippen MR) is 74.4 cm³/mol. The summed E-state index contributed by atoms with van der Waals surface area (Å²) in [5, 5.41) is 5.02. The molecule has 5 nitrogen and oxygen atoms in total. The van der Waals surface area contributed by atoms with Crippen LogP contribution in [0.4, 0.5) is 0 Å². The molecule has 20 heavy (non-hydrogen) atoms. The van der Waals surface area contributed by atoms with Crippen LogP contribution in [0.25, 0.3) is 10.9 Å². The molecule has 3 rings (SSSR count). The van der Waals surface area contributed by atoms with Gasteiger partial charge in [-0.3, -0.25) is 0 Å². The number of benzene rings is 1. The Morgan fingerprint density at radius 1 is 1.35 bits per heavy atom. The highest BCUT2D eigenvalue weighted by Gasteiger charge is 2.30. The summed E-state index contributed by atoms with van der Waals surface area (Å²) in [6, 6.07) is 11.7. The highest BCUT2D eigenvalue weighted by molar-refractivity contribution is 6.03. The quantitative estimate of drug-likeness (QED) is 0.803. The Morgan fingerprint density at radius 3 is 3.05 bits per heavy atom. The van der Waals surface area contributed by atoms with Gasteiger partial charge in [-0.25, -0.2) is 9.78 Å². The number of pyridine rings is 1. The van der Waals surface area contributed by atoms with Gasteiger partial charge in [-0.2, -0.15) is 0 Å². The second-order valence-electron chi connectivity index (χ2n) is 4.48. The van der Waals surface area contributed by atoms with Crippen molar-refractivity contribution < 1.29 is 14.4 Å². The summed E-state index contributed by atoms with van der Waals surface area (Å²) in [5.41, 5.74) is 2.30. The first kappa shape index (κ1) is 12.6. The first-order valence-corrected chi connectivity index (χ1v) is 6.53. The smallest absolute Gasteiger partial charge is 0.350 e. The maximum Gasteiger partial charge on any atom is 0.350 e. The summed E-state index contributed by atoms with van der Waals surface area (Å²) in [4.78, 5) is 21.2. The molecule has 0 spiro atoms. The van der Waals surface area contributed by atoms with Gasteiger partial charge in [0.1, 0.15) is 5.71 Å². The number of esters is 1. The van der Waals surface area contributed by atoms with Gasteiger partial charge in [-0.1, -0.05) is 29.4 Å². The van der Waals surface area contributed by atoms with Crippen LogP contribution in [0.3, 0.4) is 0 Å². The molecule has 0 radical (unpaired) electrons. The summed E-state index contributed by atoms with van der Waals surface area (Å²) in [6.07, 6.45) is -0.261. The molecule has 1 aromatic carbocycles. The lowest BCUT2D eigenvalue weighted by Gasteiger charge is -2.06. The van der Waals surface area contributed by atoms with Crippen LogP contribution in [-0.2, 0) is 14.4 Å². The minimum atomic E-state index is -0.654. The van der Waals surface area contributed by atoms with E-state index in [-0.39, 0.29) is 5.97 Å². The average Bonchev–Trinajstić information content (AvgIpc) is 2.97. The molecule has 1 aliphatic heterocycles. The minimum absolute atomic E-state index is 0.336. The Kier molecular flexibility index (Phi) is 3.33. The molecule has 2 heterocycles. The van der Waals surface area contributed by atoms with Crippen LogP contribution in [0.15, 0.2) is 41.6 Å². The molecule has 0 bridgehead atoms. The second kappa shape index (κ2) is 5.28. The van der Waals surface area contributed by atoms with E-state index in [0.717, 1.165) is 16.6 Å². The van der Waals surface area contributed by atoms with E-state index in [2.05, 4.69) is 10.1 Å². The fraction of sp³-hybridized carbons (Fsp3) is 0.267. The number of hydrogen-bond acceptors (Lipinski definition) is 5. The van der Waals surface area contributed by atoms with Crippen molar-refractivity contribution in [1.29, 1.82) is 0 Å². The number of oxime groups is 1. The topological polar surface area (TPSA) is 60.8 Å². The lowest BCUT2D eigenvalue weighted by Crippen LogP contribution is -2.23. The number of fused-ring (bicyclic) bond motifs is 1. The molecule has 0 N–H and O–H groups in total. The Labute approximate surface area is 116 Å². The van der Waals surface area contributed by atoms with E-state index in [1.165, 1.54) is 0 Å². The van der Waals surface area contributed by atoms with Gasteiger partial charge in [0.05, 0.1) is 17.8 Å². The van der Waals surface area contributed by atoms with E-state index in [4.69, 9.17) is 9.57 Å². The third-order valence-electron chi connectivity index (χ3n) is 3.11. The van der Waals surface area contributed by atoms with Crippen LogP contribution < -0.4 is 0 Å². The van der Waals surface area contributed by atoms with E-state index in [1.54, 1.807) is 6.92 Å². The van der Waals surface area contributed by atoms with Crippen molar-refractivity contribution in [1.82, 2.24) is 4.98 Å². The fourth-order valence-electron chi connectivity index (χ4n) is 2.12. The molecule has 1 aliphatic rings. The number of carbonyl (C=O) groups is 1. The molecule has 102 valence electrons. The van der Waals surface area contributed by atoms with Crippen LogP contribution in [0.1, 0.15) is 19.0 Å². The Morgan fingerprint density at radius 2 is 2.20 bits per heavy atom. The number of ether oxygens (including phenoxy) is 1. The van der Waals surface area contributed by atoms with Crippen LogP contribution in [0.5, 0.6) is 0 Å². The highest BCUT2D eigenvalue weighted by atomic mass is 16.7. The summed E-state index contributed by atoms with van der Waals surface area (Å²) >= 11 is 0. The summed E-state index contributed by atoms with van der Waals surface area (Å²) < 4.78 is 4.92. The number of hydrogen-bond donors (Lipinski definition) is 0. The number of aromatic nitrogens is 1. The SMILES string of the molecule is CCOC(=O)C1CC(c2ccc3ccccc3n2)=NO1. The fourth-order valence-corrected chi connectivity index (χ4v) is 2.12. The zero-order chi connectivity index (χ0) is 13.9. The monoisotopic (exact) mass is 270 g/mol. The zero-order valence-corrected chi connectivity index (χ0v) is 11.1. The number of carbonyl (C=O) groups excluding carboxylic acids is 1. The van der Waals surface area contributed by atoms with Crippen LogP contribution >= 0.6 is 0 Å². The van der Waals surface area contributed by atoms with Gasteiger partial charge >= 0.3 is 5.97 Å². The lowest BCUT2D eigenvalue weighted by atomic mass is 10.1. The summed E-state index contributed by atoms with van der Waals surface area (Å²) in [5.74, 6) is -0.382. The van der Waals surface area contributed by atoms with Crippen molar-refractivity contribution in [3.05, 3.63) is 42.1 Å². The Hall–Kier alpha value is -2.43. The van der Waals surface area contributed by atoms with E-state index < -0.39 is 6.10 Å². The van der Waals surface area contributed by atoms with E-state index in [0.29, 0.717) is 18.7 Å². The van der Waals surface area contributed by atoms with Gasteiger partial charge in [-0.05, 0) is 19.1 Å². The van der Waals surface area contributed by atoms with Gasteiger partial charge in [-0.15, -0.1) is 0 Å². The molecular formula is C15H14N2O3. The number of nitrogens with zero attached hydrogens (tertiary/aromatic N) is 2. The summed E-state index contributed by atoms with van der Waals surface area (Å²) in [6.45, 7) is 2.10. The van der Waals surface area contributed by atoms with E-state index in [9.17, 15) is 4.79 Å². The molecule has 0 amide bonds. The van der Waals surface area contributed by atoms with Gasteiger partial charge in [0.25, 0.3) is 0 Å². The van der Waals surface area contributed by atoms with E-state index in [1.807, 2.05) is 36.4 Å². The second-order valence-corrected chi connectivity index (χ2v) is 4.48. The van der Waals surface area contributed by atoms with Crippen molar-refractivity contribution in [2.24, 2.45) is 5.16 Å². The van der Waals surface area contributed by atoms with Crippen molar-refractivity contribution in [3.8, 4) is 0 Å². The first-order valence-electron chi connectivity index (χ1n) is 6.53. The third-order valence-corrected chi connectivity index (χ3v) is 3.11. The molecule has 0 saturated carbocycles. The molecule has 2 aromatic rings. The van der Waals surface area contributed by atoms with Crippen LogP contribution in [-0.4, -0.2) is 29.4 Å². The maximum atomic E-state index is 11.6. The van der Waals surface area contributed by atoms with Crippen LogP contribution in [0, 0.1) is 0 Å². The molecule has 0 saturated heterocycles. The van der Waals surface area contributed by atoms with Gasteiger partial charge in [0.2, 0.25) is 6.10 Å². The largest absolute Gasteiger partial charge is 0.463 e. The highest BCUT2D eigenvalue weighted by Crippen LogP contribution is 2.19. The zero-order valence-electron chi connectivity index (χ0n) is 11.1. The maximum absolute atomic E-state index is 11.6. The molecule has 0 fully saturated rings. The van der Waals surface area contributed by atoms with Crippen LogP contribution in [0.2, 0.25) is 0 Å². The minimum Gasteiger partial charge on any atom is -0.463 e. The van der Waals surface area contributed by atoms with Gasteiger partial charge < -0.3 is 9.57 Å².